The van der Waals surface area contributed by atoms with Gasteiger partial charge < -0.3 is 10.2 Å². The number of pyridine rings is 1. The van der Waals surface area contributed by atoms with Gasteiger partial charge in [-0.1, -0.05) is 12.1 Å². The van der Waals surface area contributed by atoms with E-state index in [9.17, 15) is 22.4 Å². The highest BCUT2D eigenvalue weighted by Crippen LogP contribution is 2.32. The second-order valence-electron chi connectivity index (χ2n) is 6.53. The molecule has 1 amide bonds. The highest BCUT2D eigenvalue weighted by Gasteiger charge is 2.33. The summed E-state index contributed by atoms with van der Waals surface area (Å²) in [7, 11) is 0. The molecule has 1 aliphatic rings. The van der Waals surface area contributed by atoms with Gasteiger partial charge in [0.2, 0.25) is 5.91 Å². The van der Waals surface area contributed by atoms with Crippen LogP contribution in [0, 0.1) is 5.82 Å². The van der Waals surface area contributed by atoms with Gasteiger partial charge in [-0.2, -0.15) is 13.2 Å². The van der Waals surface area contributed by atoms with Crippen LogP contribution in [-0.4, -0.2) is 48.5 Å². The summed E-state index contributed by atoms with van der Waals surface area (Å²) in [5.41, 5.74) is -1.24. The van der Waals surface area contributed by atoms with E-state index < -0.39 is 17.6 Å². The predicted molar refractivity (Wildman–Crippen MR) is 96.1 cm³/mol. The topological polar surface area (TPSA) is 48.5 Å². The summed E-state index contributed by atoms with van der Waals surface area (Å²) in [5, 5.41) is 2.49. The minimum atomic E-state index is -4.68. The highest BCUT2D eigenvalue weighted by atomic mass is 19.4. The van der Waals surface area contributed by atoms with E-state index in [0.717, 1.165) is 18.0 Å². The van der Waals surface area contributed by atoms with E-state index in [4.69, 9.17) is 0 Å². The fourth-order valence-electron chi connectivity index (χ4n) is 3.10. The number of carbonyl (C=O) groups is 1. The minimum Gasteiger partial charge on any atom is -0.354 e. The van der Waals surface area contributed by atoms with Gasteiger partial charge in [0.1, 0.15) is 11.6 Å². The molecule has 9 heteroatoms. The molecule has 1 aromatic heterocycles. The SMILES string of the molecule is O=C(CN1CCN(c2ccccn2)CC1)NCc1ccc(F)cc1C(F)(F)F. The number of nitrogens with one attached hydrogen (secondary N) is 1. The number of amides is 1. The monoisotopic (exact) mass is 396 g/mol. The molecule has 1 N–H and O–H groups in total. The molecule has 1 fully saturated rings. The van der Waals surface area contributed by atoms with Crippen molar-refractivity contribution in [2.45, 2.75) is 12.7 Å². The average molecular weight is 396 g/mol. The van der Waals surface area contributed by atoms with Crippen molar-refractivity contribution in [3.05, 3.63) is 59.5 Å². The van der Waals surface area contributed by atoms with Crippen LogP contribution in [0.3, 0.4) is 0 Å². The zero-order chi connectivity index (χ0) is 20.1. The number of anilines is 1. The Balaban J connectivity index is 1.50. The molecule has 0 unspecified atom stereocenters. The van der Waals surface area contributed by atoms with Gasteiger partial charge in [-0.3, -0.25) is 9.69 Å². The van der Waals surface area contributed by atoms with Crippen LogP contribution in [0.25, 0.3) is 0 Å². The molecule has 3 rings (SSSR count). The summed E-state index contributed by atoms with van der Waals surface area (Å²) in [6, 6.07) is 8.11. The van der Waals surface area contributed by atoms with E-state index in [2.05, 4.69) is 15.2 Å². The van der Waals surface area contributed by atoms with Crippen molar-refractivity contribution < 1.29 is 22.4 Å². The Morgan fingerprint density at radius 2 is 1.86 bits per heavy atom. The van der Waals surface area contributed by atoms with E-state index in [1.165, 1.54) is 0 Å². The van der Waals surface area contributed by atoms with Crippen molar-refractivity contribution >= 4 is 11.7 Å². The molecule has 1 saturated heterocycles. The molecule has 0 saturated carbocycles. The van der Waals surface area contributed by atoms with Crippen LogP contribution in [0.5, 0.6) is 0 Å². The average Bonchev–Trinajstić information content (AvgIpc) is 2.67. The first-order valence-corrected chi connectivity index (χ1v) is 8.83. The van der Waals surface area contributed by atoms with Crippen molar-refractivity contribution in [3.8, 4) is 0 Å². The molecule has 0 bridgehead atoms. The third-order valence-corrected chi connectivity index (χ3v) is 4.57. The normalized spacial score (nSPS) is 15.5. The Hall–Kier alpha value is -2.68. The quantitative estimate of drug-likeness (QED) is 0.790. The Bertz CT molecular complexity index is 805. The fraction of sp³-hybridized carbons (Fsp3) is 0.368. The van der Waals surface area contributed by atoms with Gasteiger partial charge in [-0.15, -0.1) is 0 Å². The van der Waals surface area contributed by atoms with E-state index >= 15 is 0 Å². The highest BCUT2D eigenvalue weighted by molar-refractivity contribution is 5.78. The van der Waals surface area contributed by atoms with E-state index in [-0.39, 0.29) is 24.6 Å². The lowest BCUT2D eigenvalue weighted by Gasteiger charge is -2.34. The third-order valence-electron chi connectivity index (χ3n) is 4.57. The number of carbonyl (C=O) groups excluding carboxylic acids is 1. The number of halogens is 4. The van der Waals surface area contributed by atoms with Gasteiger partial charge in [0.05, 0.1) is 12.1 Å². The molecule has 2 aromatic rings. The second kappa shape index (κ2) is 8.55. The third kappa shape index (κ3) is 5.19. The molecule has 1 aliphatic heterocycles. The van der Waals surface area contributed by atoms with Crippen LogP contribution in [-0.2, 0) is 17.5 Å². The lowest BCUT2D eigenvalue weighted by atomic mass is 10.1. The molecule has 1 aromatic carbocycles. The van der Waals surface area contributed by atoms with Crippen LogP contribution in [0.4, 0.5) is 23.4 Å². The smallest absolute Gasteiger partial charge is 0.354 e. The first-order chi connectivity index (χ1) is 13.3. The van der Waals surface area contributed by atoms with Crippen LogP contribution >= 0.6 is 0 Å². The van der Waals surface area contributed by atoms with Crippen molar-refractivity contribution in [1.82, 2.24) is 15.2 Å². The van der Waals surface area contributed by atoms with Gasteiger partial charge >= 0.3 is 6.18 Å². The number of nitrogens with zero attached hydrogens (tertiary/aromatic N) is 3. The summed E-state index contributed by atoms with van der Waals surface area (Å²) in [5.74, 6) is -0.459. The van der Waals surface area contributed by atoms with Crippen LogP contribution < -0.4 is 10.2 Å². The predicted octanol–water partition coefficient (Wildman–Crippen LogP) is 2.68. The zero-order valence-electron chi connectivity index (χ0n) is 15.0. The number of hydrogen-bond acceptors (Lipinski definition) is 4. The van der Waals surface area contributed by atoms with E-state index in [1.807, 2.05) is 23.1 Å². The van der Waals surface area contributed by atoms with Crippen molar-refractivity contribution in [1.29, 1.82) is 0 Å². The summed E-state index contributed by atoms with van der Waals surface area (Å²) in [4.78, 5) is 20.5. The summed E-state index contributed by atoms with van der Waals surface area (Å²) in [6.45, 7) is 2.50. The number of hydrogen-bond donors (Lipinski definition) is 1. The first kappa shape index (κ1) is 20.1. The number of piperazine rings is 1. The standard InChI is InChI=1S/C19H20F4N4O/c20-15-5-4-14(16(11-15)19(21,22)23)12-25-18(28)13-26-7-9-27(10-8-26)17-3-1-2-6-24-17/h1-6,11H,7-10,12-13H2,(H,25,28). The Morgan fingerprint density at radius 3 is 2.50 bits per heavy atom. The maximum atomic E-state index is 13.1. The van der Waals surface area contributed by atoms with Gasteiger partial charge in [-0.05, 0) is 29.8 Å². The lowest BCUT2D eigenvalue weighted by Crippen LogP contribution is -2.49. The van der Waals surface area contributed by atoms with Gasteiger partial charge in [0, 0.05) is 38.9 Å². The molecule has 2 heterocycles. The fourth-order valence-corrected chi connectivity index (χ4v) is 3.10. The lowest BCUT2D eigenvalue weighted by molar-refractivity contribution is -0.138. The second-order valence-corrected chi connectivity index (χ2v) is 6.53. The Labute approximate surface area is 160 Å². The summed E-state index contributed by atoms with van der Waals surface area (Å²) in [6.07, 6.45) is -2.95. The van der Waals surface area contributed by atoms with Gasteiger partial charge in [0.15, 0.2) is 0 Å². The molecule has 0 atom stereocenters. The maximum absolute atomic E-state index is 13.1. The molecular weight excluding hydrogens is 376 g/mol. The largest absolute Gasteiger partial charge is 0.416 e. The summed E-state index contributed by atoms with van der Waals surface area (Å²) >= 11 is 0. The van der Waals surface area contributed by atoms with E-state index in [0.29, 0.717) is 32.2 Å². The maximum Gasteiger partial charge on any atom is 0.416 e. The molecule has 28 heavy (non-hydrogen) atoms. The number of benzene rings is 1. The van der Waals surface area contributed by atoms with Gasteiger partial charge in [-0.25, -0.2) is 9.37 Å². The number of rotatable bonds is 5. The van der Waals surface area contributed by atoms with Crippen molar-refractivity contribution in [3.63, 3.8) is 0 Å². The molecule has 0 radical (unpaired) electrons. The molecular formula is C19H20F4N4O. The molecule has 0 aliphatic carbocycles. The molecule has 5 nitrogen and oxygen atoms in total. The van der Waals surface area contributed by atoms with Crippen molar-refractivity contribution in [2.75, 3.05) is 37.6 Å². The number of alkyl halides is 3. The first-order valence-electron chi connectivity index (χ1n) is 8.83. The molecule has 0 spiro atoms. The van der Waals surface area contributed by atoms with Gasteiger partial charge in [0.25, 0.3) is 0 Å². The van der Waals surface area contributed by atoms with Crippen LogP contribution in [0.15, 0.2) is 42.6 Å². The van der Waals surface area contributed by atoms with Crippen LogP contribution in [0.2, 0.25) is 0 Å². The van der Waals surface area contributed by atoms with Crippen molar-refractivity contribution in [2.24, 2.45) is 0 Å². The van der Waals surface area contributed by atoms with Crippen LogP contribution in [0.1, 0.15) is 11.1 Å². The molecule has 150 valence electrons. The summed E-state index contributed by atoms with van der Waals surface area (Å²) < 4.78 is 52.2. The Morgan fingerprint density at radius 1 is 1.11 bits per heavy atom. The minimum absolute atomic E-state index is 0.0958. The zero-order valence-corrected chi connectivity index (χ0v) is 15.0. The Kier molecular flexibility index (Phi) is 6.13. The number of aromatic nitrogens is 1. The van der Waals surface area contributed by atoms with E-state index in [1.54, 1.807) is 6.20 Å².